The van der Waals surface area contributed by atoms with Crippen LogP contribution in [-0.2, 0) is 38.1 Å². The number of esters is 3. The van der Waals surface area contributed by atoms with Crippen molar-refractivity contribution in [2.45, 2.75) is 83.9 Å². The molecule has 5 aliphatic rings. The largest absolute Gasteiger partial charge is 0.472 e. The molecule has 5 fully saturated rings. The van der Waals surface area contributed by atoms with Gasteiger partial charge in [0.05, 0.1) is 32.0 Å². The molecule has 10 nitrogen and oxygen atoms in total. The number of Topliss-reactive ketones (excluding diaryl/α,β-unsaturated/α-hetero) is 1. The molecule has 6 rings (SSSR count). The van der Waals surface area contributed by atoms with Crippen LogP contribution in [0.15, 0.2) is 23.0 Å². The molecular weight excluding hydrogens is 508 g/mol. The first kappa shape index (κ1) is 26.5. The second kappa shape index (κ2) is 8.16. The SMILES string of the molecule is COC(=O)[C@@H](O)[C@H]1C(C)(C)[C@H](OC(C)=O)[C@@H]2C(=O)[C@]1(C)[C@H]1CC[C@]3(C)[C@@H](CC(=O)O[C@H]3c3ccoc3)[C@]13O[C@H]23. The molecule has 39 heavy (non-hydrogen) atoms. The molecule has 0 radical (unpaired) electrons. The number of rotatable bonds is 4. The lowest BCUT2D eigenvalue weighted by Crippen LogP contribution is -2.74. The number of hydrogen-bond donors (Lipinski definition) is 1. The van der Waals surface area contributed by atoms with Gasteiger partial charge in [0, 0.05) is 46.5 Å². The number of epoxide rings is 1. The lowest BCUT2D eigenvalue weighted by atomic mass is 9.37. The number of carbonyl (C=O) groups excluding carboxylic acids is 4. The molecule has 1 aromatic rings. The van der Waals surface area contributed by atoms with Crippen LogP contribution in [-0.4, -0.2) is 59.8 Å². The number of fused-ring (bicyclic) bond motifs is 5. The van der Waals surface area contributed by atoms with E-state index >= 15 is 0 Å². The highest BCUT2D eigenvalue weighted by Gasteiger charge is 2.86. The summed E-state index contributed by atoms with van der Waals surface area (Å²) in [6.45, 7) is 8.83. The number of carbonyl (C=O) groups is 4. The summed E-state index contributed by atoms with van der Waals surface area (Å²) in [5.41, 5.74) is -2.82. The molecule has 3 heterocycles. The Labute approximate surface area is 226 Å². The second-order valence-corrected chi connectivity index (χ2v) is 13.1. The van der Waals surface area contributed by atoms with Gasteiger partial charge in [0.2, 0.25) is 0 Å². The van der Waals surface area contributed by atoms with Crippen molar-refractivity contribution < 1.29 is 47.6 Å². The molecule has 3 aliphatic carbocycles. The predicted octanol–water partition coefficient (Wildman–Crippen LogP) is 2.76. The Bertz CT molecular complexity index is 1240. The van der Waals surface area contributed by atoms with Crippen molar-refractivity contribution in [2.75, 3.05) is 7.11 Å². The Morgan fingerprint density at radius 2 is 1.87 bits per heavy atom. The maximum absolute atomic E-state index is 14.4. The molecular formula is C29H36O10. The van der Waals surface area contributed by atoms with Crippen molar-refractivity contribution in [1.82, 2.24) is 0 Å². The fraction of sp³-hybridized carbons (Fsp3) is 0.724. The molecule has 212 valence electrons. The summed E-state index contributed by atoms with van der Waals surface area (Å²) in [6.07, 6.45) is 0.741. The average molecular weight is 545 g/mol. The van der Waals surface area contributed by atoms with Crippen molar-refractivity contribution in [2.24, 2.45) is 39.9 Å². The molecule has 2 saturated heterocycles. The Kier molecular flexibility index (Phi) is 5.54. The van der Waals surface area contributed by atoms with Crippen molar-refractivity contribution in [3.63, 3.8) is 0 Å². The van der Waals surface area contributed by atoms with Gasteiger partial charge in [-0.15, -0.1) is 0 Å². The third-order valence-corrected chi connectivity index (χ3v) is 11.1. The lowest BCUT2D eigenvalue weighted by molar-refractivity contribution is -0.231. The second-order valence-electron chi connectivity index (χ2n) is 13.1. The summed E-state index contributed by atoms with van der Waals surface area (Å²) in [6, 6.07) is 1.79. The number of ketones is 1. The first-order chi connectivity index (χ1) is 18.3. The van der Waals surface area contributed by atoms with Crippen LogP contribution in [0.4, 0.5) is 0 Å². The van der Waals surface area contributed by atoms with Crippen LogP contribution in [0.25, 0.3) is 0 Å². The van der Waals surface area contributed by atoms with Gasteiger partial charge in [0.15, 0.2) is 6.10 Å². The molecule has 0 amide bonds. The number of aliphatic hydroxyl groups is 1. The maximum Gasteiger partial charge on any atom is 0.335 e. The van der Waals surface area contributed by atoms with Crippen molar-refractivity contribution in [1.29, 1.82) is 0 Å². The first-order valence-electron chi connectivity index (χ1n) is 13.6. The van der Waals surface area contributed by atoms with Crippen molar-refractivity contribution in [3.8, 4) is 0 Å². The number of cyclic esters (lactones) is 1. The topological polar surface area (TPSA) is 142 Å². The monoisotopic (exact) mass is 544 g/mol. The summed E-state index contributed by atoms with van der Waals surface area (Å²) in [5.74, 6) is -4.38. The van der Waals surface area contributed by atoms with Crippen LogP contribution in [0, 0.1) is 39.9 Å². The van der Waals surface area contributed by atoms with Crippen LogP contribution < -0.4 is 0 Å². The van der Waals surface area contributed by atoms with Crippen LogP contribution >= 0.6 is 0 Å². The van der Waals surface area contributed by atoms with E-state index < -0.39 is 70.0 Å². The summed E-state index contributed by atoms with van der Waals surface area (Å²) in [4.78, 5) is 52.6. The zero-order valence-electron chi connectivity index (χ0n) is 23.1. The fourth-order valence-electron chi connectivity index (χ4n) is 9.69. The smallest absolute Gasteiger partial charge is 0.335 e. The number of aliphatic hydroxyl groups excluding tert-OH is 1. The van der Waals surface area contributed by atoms with E-state index in [1.54, 1.807) is 18.6 Å². The number of ether oxygens (including phenoxy) is 4. The predicted molar refractivity (Wildman–Crippen MR) is 132 cm³/mol. The first-order valence-corrected chi connectivity index (χ1v) is 13.6. The van der Waals surface area contributed by atoms with Gasteiger partial charge in [-0.25, -0.2) is 4.79 Å². The fourth-order valence-corrected chi connectivity index (χ4v) is 9.69. The highest BCUT2D eigenvalue weighted by Crippen LogP contribution is 2.77. The van der Waals surface area contributed by atoms with Crippen LogP contribution in [0.1, 0.15) is 65.5 Å². The molecule has 0 unspecified atom stereocenters. The van der Waals surface area contributed by atoms with Gasteiger partial charge < -0.3 is 28.5 Å². The molecule has 1 N–H and O–H groups in total. The summed E-state index contributed by atoms with van der Waals surface area (Å²) < 4.78 is 28.6. The molecule has 1 aromatic heterocycles. The number of hydrogen-bond acceptors (Lipinski definition) is 10. The summed E-state index contributed by atoms with van der Waals surface area (Å²) in [5, 5.41) is 11.4. The highest BCUT2D eigenvalue weighted by molar-refractivity contribution is 5.94. The Morgan fingerprint density at radius 3 is 2.49 bits per heavy atom. The average Bonchev–Trinajstić information content (AvgIpc) is 3.32. The number of furan rings is 1. The van der Waals surface area contributed by atoms with Crippen LogP contribution in [0.5, 0.6) is 0 Å². The van der Waals surface area contributed by atoms with E-state index in [2.05, 4.69) is 6.92 Å². The van der Waals surface area contributed by atoms with E-state index in [1.807, 2.05) is 20.8 Å². The van der Waals surface area contributed by atoms with Gasteiger partial charge in [-0.3, -0.25) is 14.4 Å². The lowest BCUT2D eigenvalue weighted by Gasteiger charge is -2.65. The standard InChI is InChI=1S/C29H36O10/c1-13(30)37-23-18-21(33)28(5,20(26(23,2)3)19(32)25(34)35-6)15-7-9-27(4)16(29(15)24(18)39-29)11-17(31)38-22(27)14-8-10-36-12-14/h8,10,12,15-16,18-20,22-24,32H,7,9,11H2,1-6H3/t15-,16-,18+,19+,20+,22+,23-,24-,27-,28-,29-/m1/s1. The minimum atomic E-state index is -1.63. The zero-order chi connectivity index (χ0) is 28.3. The van der Waals surface area contributed by atoms with Gasteiger partial charge >= 0.3 is 17.9 Å². The quantitative estimate of drug-likeness (QED) is 0.342. The molecule has 2 bridgehead atoms. The van der Waals surface area contributed by atoms with Crippen LogP contribution in [0.3, 0.4) is 0 Å². The highest BCUT2D eigenvalue weighted by atomic mass is 16.6. The Balaban J connectivity index is 1.52. The van der Waals surface area contributed by atoms with Gasteiger partial charge in [-0.05, 0) is 18.9 Å². The maximum atomic E-state index is 14.4. The van der Waals surface area contributed by atoms with Gasteiger partial charge in [-0.2, -0.15) is 0 Å². The third-order valence-electron chi connectivity index (χ3n) is 11.1. The van der Waals surface area contributed by atoms with Gasteiger partial charge in [-0.1, -0.05) is 27.7 Å². The number of methoxy groups -OCH3 is 1. The van der Waals surface area contributed by atoms with Crippen molar-refractivity contribution in [3.05, 3.63) is 24.2 Å². The van der Waals surface area contributed by atoms with E-state index in [-0.39, 0.29) is 30.0 Å². The van der Waals surface area contributed by atoms with Gasteiger partial charge in [0.1, 0.15) is 29.7 Å². The molecule has 3 saturated carbocycles. The van der Waals surface area contributed by atoms with E-state index in [4.69, 9.17) is 23.4 Å². The molecule has 2 aliphatic heterocycles. The third kappa shape index (κ3) is 3.16. The molecule has 11 atom stereocenters. The Hall–Kier alpha value is -2.72. The van der Waals surface area contributed by atoms with Crippen molar-refractivity contribution >= 4 is 23.7 Å². The molecule has 10 heteroatoms. The minimum Gasteiger partial charge on any atom is -0.472 e. The Morgan fingerprint density at radius 1 is 1.15 bits per heavy atom. The van der Waals surface area contributed by atoms with Crippen LogP contribution in [0.2, 0.25) is 0 Å². The van der Waals surface area contributed by atoms with Gasteiger partial charge in [0.25, 0.3) is 0 Å². The normalized spacial score (nSPS) is 46.1. The zero-order valence-corrected chi connectivity index (χ0v) is 23.1. The minimum absolute atomic E-state index is 0.112. The van der Waals surface area contributed by atoms with E-state index in [0.29, 0.717) is 12.8 Å². The summed E-state index contributed by atoms with van der Waals surface area (Å²) >= 11 is 0. The molecule has 1 spiro atoms. The van der Waals surface area contributed by atoms with E-state index in [1.165, 1.54) is 14.0 Å². The molecule has 0 aromatic carbocycles. The van der Waals surface area contributed by atoms with E-state index in [0.717, 1.165) is 5.56 Å². The van der Waals surface area contributed by atoms with E-state index in [9.17, 15) is 24.3 Å². The summed E-state index contributed by atoms with van der Waals surface area (Å²) in [7, 11) is 1.19.